The molecule has 0 spiro atoms. The molecule has 3 heteroatoms. The van der Waals surface area contributed by atoms with Crippen LogP contribution in [0.25, 0.3) is 0 Å². The first-order valence-electron chi connectivity index (χ1n) is 6.15. The van der Waals surface area contributed by atoms with E-state index in [4.69, 9.17) is 9.84 Å². The molecule has 1 aromatic rings. The summed E-state index contributed by atoms with van der Waals surface area (Å²) in [5, 5.41) is 8.82. The van der Waals surface area contributed by atoms with E-state index in [0.717, 1.165) is 11.3 Å². The van der Waals surface area contributed by atoms with Crippen molar-refractivity contribution in [3.8, 4) is 5.75 Å². The predicted molar refractivity (Wildman–Crippen MR) is 72.4 cm³/mol. The number of aliphatic carboxylic acids is 1. The van der Waals surface area contributed by atoms with Crippen molar-refractivity contribution in [1.82, 2.24) is 0 Å². The number of ether oxygens (including phenoxy) is 1. The molecule has 1 N–H and O–H groups in total. The van der Waals surface area contributed by atoms with Crippen LogP contribution < -0.4 is 4.74 Å². The molecule has 0 heterocycles. The van der Waals surface area contributed by atoms with Gasteiger partial charge < -0.3 is 9.84 Å². The minimum absolute atomic E-state index is 0.170. The summed E-state index contributed by atoms with van der Waals surface area (Å²) >= 11 is 0. The molecule has 0 saturated carbocycles. The quantitative estimate of drug-likeness (QED) is 0.870. The second-order valence-corrected chi connectivity index (χ2v) is 5.41. The number of carboxylic acids is 1. The minimum atomic E-state index is -0.758. The highest BCUT2D eigenvalue weighted by atomic mass is 16.5. The van der Waals surface area contributed by atoms with Crippen LogP contribution in [0.2, 0.25) is 0 Å². The fraction of sp³-hybridized carbons (Fsp3) is 0.533. The van der Waals surface area contributed by atoms with E-state index >= 15 is 0 Å². The average molecular weight is 250 g/mol. The van der Waals surface area contributed by atoms with Gasteiger partial charge in [-0.1, -0.05) is 19.9 Å². The third-order valence-corrected chi connectivity index (χ3v) is 3.51. The molecule has 0 aliphatic carbocycles. The number of hydrogen-bond acceptors (Lipinski definition) is 2. The van der Waals surface area contributed by atoms with E-state index in [1.54, 1.807) is 7.11 Å². The number of hydrogen-bond donors (Lipinski definition) is 1. The second-order valence-electron chi connectivity index (χ2n) is 5.41. The van der Waals surface area contributed by atoms with E-state index < -0.39 is 5.97 Å². The smallest absolute Gasteiger partial charge is 0.303 e. The topological polar surface area (TPSA) is 46.5 Å². The SMILES string of the molecule is COc1cc(C)c(C)cc1C(C)(C)CCC(=O)O. The Kier molecular flexibility index (Phi) is 4.38. The van der Waals surface area contributed by atoms with Gasteiger partial charge in [-0.2, -0.15) is 0 Å². The lowest BCUT2D eigenvalue weighted by Crippen LogP contribution is -2.20. The maximum Gasteiger partial charge on any atom is 0.303 e. The average Bonchev–Trinajstić information content (AvgIpc) is 2.29. The van der Waals surface area contributed by atoms with E-state index in [9.17, 15) is 4.79 Å². The number of methoxy groups -OCH3 is 1. The van der Waals surface area contributed by atoms with Crippen LogP contribution in [0.1, 0.15) is 43.4 Å². The molecule has 0 fully saturated rings. The lowest BCUT2D eigenvalue weighted by atomic mass is 9.79. The van der Waals surface area contributed by atoms with E-state index in [0.29, 0.717) is 6.42 Å². The first-order chi connectivity index (χ1) is 8.27. The molecule has 18 heavy (non-hydrogen) atoms. The monoisotopic (exact) mass is 250 g/mol. The van der Waals surface area contributed by atoms with Gasteiger partial charge in [0.25, 0.3) is 0 Å². The molecule has 0 bridgehead atoms. The van der Waals surface area contributed by atoms with Gasteiger partial charge in [0.2, 0.25) is 0 Å². The zero-order valence-corrected chi connectivity index (χ0v) is 11.8. The van der Waals surface area contributed by atoms with Crippen LogP contribution in [0, 0.1) is 13.8 Å². The summed E-state index contributed by atoms with van der Waals surface area (Å²) in [4.78, 5) is 10.7. The highest BCUT2D eigenvalue weighted by Gasteiger charge is 2.25. The number of benzene rings is 1. The first kappa shape index (κ1) is 14.6. The summed E-state index contributed by atoms with van der Waals surface area (Å²) in [6.45, 7) is 8.22. The molecule has 100 valence electrons. The van der Waals surface area contributed by atoms with Crippen molar-refractivity contribution >= 4 is 5.97 Å². The molecular formula is C15H22O3. The standard InChI is InChI=1S/C15H22O3/c1-10-8-12(13(18-5)9-11(10)2)15(3,4)7-6-14(16)17/h8-9H,6-7H2,1-5H3,(H,16,17). The van der Waals surface area contributed by atoms with E-state index in [2.05, 4.69) is 26.8 Å². The van der Waals surface area contributed by atoms with E-state index in [1.165, 1.54) is 11.1 Å². The van der Waals surface area contributed by atoms with Gasteiger partial charge in [-0.15, -0.1) is 0 Å². The molecule has 0 aliphatic rings. The Balaban J connectivity index is 3.13. The lowest BCUT2D eigenvalue weighted by Gasteiger charge is -2.27. The van der Waals surface area contributed by atoms with Crippen LogP contribution in [-0.4, -0.2) is 18.2 Å². The van der Waals surface area contributed by atoms with Gasteiger partial charge in [-0.25, -0.2) is 0 Å². The van der Waals surface area contributed by atoms with Crippen LogP contribution >= 0.6 is 0 Å². The van der Waals surface area contributed by atoms with Crippen LogP contribution in [0.4, 0.5) is 0 Å². The zero-order chi connectivity index (χ0) is 13.9. The third-order valence-electron chi connectivity index (χ3n) is 3.51. The fourth-order valence-electron chi connectivity index (χ4n) is 2.04. The Labute approximate surface area is 109 Å². The fourth-order valence-corrected chi connectivity index (χ4v) is 2.04. The number of aryl methyl sites for hydroxylation is 2. The molecule has 0 radical (unpaired) electrons. The summed E-state index contributed by atoms with van der Waals surface area (Å²) < 4.78 is 5.43. The molecular weight excluding hydrogens is 228 g/mol. The van der Waals surface area contributed by atoms with Crippen molar-refractivity contribution < 1.29 is 14.6 Å². The number of carbonyl (C=O) groups is 1. The van der Waals surface area contributed by atoms with Crippen LogP contribution in [0.15, 0.2) is 12.1 Å². The van der Waals surface area contributed by atoms with Crippen molar-refractivity contribution in [2.75, 3.05) is 7.11 Å². The molecule has 1 rings (SSSR count). The van der Waals surface area contributed by atoms with Crippen LogP contribution in [-0.2, 0) is 10.2 Å². The van der Waals surface area contributed by atoms with Gasteiger partial charge in [0.1, 0.15) is 5.75 Å². The van der Waals surface area contributed by atoms with Gasteiger partial charge in [0.15, 0.2) is 0 Å². The predicted octanol–water partition coefficient (Wildman–Crippen LogP) is 3.45. The largest absolute Gasteiger partial charge is 0.496 e. The summed E-state index contributed by atoms with van der Waals surface area (Å²) in [5.41, 5.74) is 3.26. The Morgan fingerprint density at radius 1 is 1.28 bits per heavy atom. The summed E-state index contributed by atoms with van der Waals surface area (Å²) in [6.07, 6.45) is 0.768. The van der Waals surface area contributed by atoms with Gasteiger partial charge in [-0.05, 0) is 42.9 Å². The van der Waals surface area contributed by atoms with Crippen molar-refractivity contribution in [3.63, 3.8) is 0 Å². The van der Waals surface area contributed by atoms with Crippen molar-refractivity contribution in [3.05, 3.63) is 28.8 Å². The Bertz CT molecular complexity index is 447. The minimum Gasteiger partial charge on any atom is -0.496 e. The van der Waals surface area contributed by atoms with Gasteiger partial charge in [0, 0.05) is 12.0 Å². The third kappa shape index (κ3) is 3.25. The summed E-state index contributed by atoms with van der Waals surface area (Å²) in [6, 6.07) is 4.13. The molecule has 0 atom stereocenters. The van der Waals surface area contributed by atoms with E-state index in [-0.39, 0.29) is 11.8 Å². The van der Waals surface area contributed by atoms with Crippen molar-refractivity contribution in [1.29, 1.82) is 0 Å². The highest BCUT2D eigenvalue weighted by molar-refractivity contribution is 5.67. The molecule has 0 aliphatic heterocycles. The van der Waals surface area contributed by atoms with Gasteiger partial charge >= 0.3 is 5.97 Å². The highest BCUT2D eigenvalue weighted by Crippen LogP contribution is 2.36. The van der Waals surface area contributed by atoms with Crippen molar-refractivity contribution in [2.45, 2.75) is 46.0 Å². The first-order valence-corrected chi connectivity index (χ1v) is 6.15. The Morgan fingerprint density at radius 2 is 1.83 bits per heavy atom. The Morgan fingerprint density at radius 3 is 2.33 bits per heavy atom. The maximum atomic E-state index is 10.7. The number of carboxylic acid groups (broad SMARTS) is 1. The molecule has 0 aromatic heterocycles. The molecule has 3 nitrogen and oxygen atoms in total. The van der Waals surface area contributed by atoms with Gasteiger partial charge in [0.05, 0.1) is 7.11 Å². The molecule has 0 saturated heterocycles. The normalized spacial score (nSPS) is 11.4. The summed E-state index contributed by atoms with van der Waals surface area (Å²) in [5.74, 6) is 0.0827. The zero-order valence-electron chi connectivity index (χ0n) is 11.8. The molecule has 0 amide bonds. The van der Waals surface area contributed by atoms with Crippen LogP contribution in [0.5, 0.6) is 5.75 Å². The molecule has 0 unspecified atom stereocenters. The second kappa shape index (κ2) is 5.42. The van der Waals surface area contributed by atoms with Crippen LogP contribution in [0.3, 0.4) is 0 Å². The van der Waals surface area contributed by atoms with Gasteiger partial charge in [-0.3, -0.25) is 4.79 Å². The number of rotatable bonds is 5. The molecule has 1 aromatic carbocycles. The van der Waals surface area contributed by atoms with E-state index in [1.807, 2.05) is 13.0 Å². The maximum absolute atomic E-state index is 10.7. The lowest BCUT2D eigenvalue weighted by molar-refractivity contribution is -0.137. The van der Waals surface area contributed by atoms with Crippen molar-refractivity contribution in [2.24, 2.45) is 0 Å². The Hall–Kier alpha value is -1.51. The summed E-state index contributed by atoms with van der Waals surface area (Å²) in [7, 11) is 1.65.